The van der Waals surface area contributed by atoms with Crippen LogP contribution in [0, 0.1) is 5.92 Å². The van der Waals surface area contributed by atoms with Crippen molar-refractivity contribution in [1.29, 1.82) is 0 Å². The second kappa shape index (κ2) is 10.4. The summed E-state index contributed by atoms with van der Waals surface area (Å²) < 4.78 is 31.9. The number of esters is 1. The quantitative estimate of drug-likeness (QED) is 0.563. The van der Waals surface area contributed by atoms with Gasteiger partial charge in [-0.1, -0.05) is 40.9 Å². The van der Waals surface area contributed by atoms with Crippen molar-refractivity contribution in [3.63, 3.8) is 0 Å². The minimum atomic E-state index is -3.67. The van der Waals surface area contributed by atoms with E-state index in [1.807, 2.05) is 0 Å². The molecule has 0 aromatic heterocycles. The maximum atomic E-state index is 12.9. The lowest BCUT2D eigenvalue weighted by atomic mass is 9.98. The van der Waals surface area contributed by atoms with E-state index >= 15 is 0 Å². The van der Waals surface area contributed by atoms with Crippen molar-refractivity contribution in [2.45, 2.75) is 18.6 Å². The lowest BCUT2D eigenvalue weighted by Gasteiger charge is -2.31. The zero-order chi connectivity index (χ0) is 23.5. The van der Waals surface area contributed by atoms with Gasteiger partial charge in [0.2, 0.25) is 15.9 Å². The molecule has 1 aliphatic heterocycles. The zero-order valence-corrected chi connectivity index (χ0v) is 20.2. The van der Waals surface area contributed by atoms with Crippen LogP contribution >= 0.6 is 34.8 Å². The summed E-state index contributed by atoms with van der Waals surface area (Å²) in [5.74, 6) is -1.74. The molecule has 0 aliphatic carbocycles. The van der Waals surface area contributed by atoms with E-state index in [0.29, 0.717) is 30.0 Å². The first-order chi connectivity index (χ1) is 15.1. The van der Waals surface area contributed by atoms with Crippen molar-refractivity contribution in [2.75, 3.05) is 25.5 Å². The normalized spacial score (nSPS) is 17.1. The number of halogens is 3. The van der Waals surface area contributed by atoms with Crippen LogP contribution in [0.15, 0.2) is 36.4 Å². The van der Waals surface area contributed by atoms with Crippen LogP contribution in [-0.2, 0) is 25.3 Å². The van der Waals surface area contributed by atoms with Crippen LogP contribution in [-0.4, -0.2) is 44.8 Å². The third-order valence-electron chi connectivity index (χ3n) is 5.13. The number of ether oxygens (including phenoxy) is 1. The van der Waals surface area contributed by atoms with Gasteiger partial charge >= 0.3 is 5.97 Å². The molecule has 3 rings (SSSR count). The highest BCUT2D eigenvalue weighted by atomic mass is 35.5. The smallest absolute Gasteiger partial charge is 0.337 e. The van der Waals surface area contributed by atoms with Crippen molar-refractivity contribution in [3.8, 4) is 0 Å². The maximum absolute atomic E-state index is 12.9. The fraction of sp³-hybridized carbons (Fsp3) is 0.333. The number of carbonyl (C=O) groups is 2. The van der Waals surface area contributed by atoms with Gasteiger partial charge in [0.25, 0.3) is 0 Å². The van der Waals surface area contributed by atoms with Crippen LogP contribution < -0.4 is 5.32 Å². The van der Waals surface area contributed by atoms with Gasteiger partial charge in [-0.05, 0) is 48.7 Å². The number of sulfonamides is 1. The molecule has 1 N–H and O–H groups in total. The molecule has 1 fully saturated rings. The number of anilines is 1. The van der Waals surface area contributed by atoms with Crippen molar-refractivity contribution < 1.29 is 22.7 Å². The largest absolute Gasteiger partial charge is 0.465 e. The Morgan fingerprint density at radius 3 is 2.50 bits per heavy atom. The molecule has 0 unspecified atom stereocenters. The van der Waals surface area contributed by atoms with Gasteiger partial charge in [-0.2, -0.15) is 0 Å². The molecule has 0 radical (unpaired) electrons. The molecular weight excluding hydrogens is 499 g/mol. The first-order valence-corrected chi connectivity index (χ1v) is 12.5. The van der Waals surface area contributed by atoms with Crippen molar-refractivity contribution >= 4 is 62.4 Å². The Balaban J connectivity index is 1.70. The Hall–Kier alpha value is -1.84. The van der Waals surface area contributed by atoms with Gasteiger partial charge in [0.15, 0.2) is 0 Å². The summed E-state index contributed by atoms with van der Waals surface area (Å²) >= 11 is 18.0. The highest BCUT2D eigenvalue weighted by Crippen LogP contribution is 2.28. The second-order valence-electron chi connectivity index (χ2n) is 7.38. The van der Waals surface area contributed by atoms with Gasteiger partial charge < -0.3 is 10.1 Å². The van der Waals surface area contributed by atoms with E-state index in [2.05, 4.69) is 10.1 Å². The summed E-state index contributed by atoms with van der Waals surface area (Å²) in [7, 11) is -2.42. The molecule has 0 spiro atoms. The summed E-state index contributed by atoms with van der Waals surface area (Å²) in [5, 5.41) is 3.58. The minimum absolute atomic E-state index is 0.0454. The number of benzene rings is 2. The van der Waals surface area contributed by atoms with E-state index in [-0.39, 0.29) is 39.5 Å². The Kier molecular flexibility index (Phi) is 8.06. The summed E-state index contributed by atoms with van der Waals surface area (Å²) in [5.41, 5.74) is 1.01. The summed E-state index contributed by atoms with van der Waals surface area (Å²) in [6, 6.07) is 9.07. The molecule has 1 aliphatic rings. The molecule has 1 saturated heterocycles. The van der Waals surface area contributed by atoms with Crippen LogP contribution in [0.25, 0.3) is 0 Å². The van der Waals surface area contributed by atoms with Crippen molar-refractivity contribution in [2.24, 2.45) is 5.92 Å². The average Bonchev–Trinajstić information content (AvgIpc) is 2.77. The molecule has 172 valence electrons. The van der Waals surface area contributed by atoms with Crippen molar-refractivity contribution in [1.82, 2.24) is 4.31 Å². The number of nitrogens with zero attached hydrogens (tertiary/aromatic N) is 1. The van der Waals surface area contributed by atoms with E-state index in [4.69, 9.17) is 34.8 Å². The number of methoxy groups -OCH3 is 1. The Morgan fingerprint density at radius 2 is 1.81 bits per heavy atom. The van der Waals surface area contributed by atoms with E-state index in [0.717, 1.165) is 0 Å². The van der Waals surface area contributed by atoms with E-state index in [1.54, 1.807) is 12.1 Å². The standard InChI is InChI=1S/C21H21Cl3N2O5S/c1-31-21(28)14-5-7-17(23)19(10-14)25-20(27)15-3-2-8-26(11-15)32(29,30)12-13-4-6-16(22)18(24)9-13/h4-7,9-10,15H,2-3,8,11-12H2,1H3,(H,25,27)/t15-/m1/s1. The van der Waals surface area contributed by atoms with Crippen molar-refractivity contribution in [3.05, 3.63) is 62.6 Å². The summed E-state index contributed by atoms with van der Waals surface area (Å²) in [6.45, 7) is 0.371. The molecule has 11 heteroatoms. The lowest BCUT2D eigenvalue weighted by Crippen LogP contribution is -2.44. The number of rotatable bonds is 6. The third kappa shape index (κ3) is 5.94. The molecule has 1 amide bonds. The van der Waals surface area contributed by atoms with Gasteiger partial charge in [-0.3, -0.25) is 4.79 Å². The number of piperidine rings is 1. The molecule has 0 saturated carbocycles. The predicted octanol–water partition coefficient (Wildman–Crippen LogP) is 4.61. The Morgan fingerprint density at radius 1 is 1.09 bits per heavy atom. The van der Waals surface area contributed by atoms with Crippen LogP contribution in [0.3, 0.4) is 0 Å². The van der Waals surface area contributed by atoms with Gasteiger partial charge in [0.1, 0.15) is 0 Å². The summed E-state index contributed by atoms with van der Waals surface area (Å²) in [6.07, 6.45) is 1.06. The van der Waals surface area contributed by atoms with Gasteiger partial charge in [0.05, 0.1) is 45.1 Å². The van der Waals surface area contributed by atoms with Gasteiger partial charge in [-0.15, -0.1) is 0 Å². The molecule has 32 heavy (non-hydrogen) atoms. The second-order valence-corrected chi connectivity index (χ2v) is 10.6. The first kappa shape index (κ1) is 24.8. The number of hydrogen-bond acceptors (Lipinski definition) is 5. The molecule has 1 atom stereocenters. The van der Waals surface area contributed by atoms with Crippen LogP contribution in [0.5, 0.6) is 0 Å². The third-order valence-corrected chi connectivity index (χ3v) is 8.01. The van der Waals surface area contributed by atoms with Gasteiger partial charge in [0, 0.05) is 13.1 Å². The van der Waals surface area contributed by atoms with E-state index in [1.165, 1.54) is 35.7 Å². The number of nitrogens with one attached hydrogen (secondary N) is 1. The van der Waals surface area contributed by atoms with E-state index < -0.39 is 21.9 Å². The molecule has 2 aromatic carbocycles. The highest BCUT2D eigenvalue weighted by molar-refractivity contribution is 7.88. The molecule has 2 aromatic rings. The fourth-order valence-electron chi connectivity index (χ4n) is 3.44. The van der Waals surface area contributed by atoms with Gasteiger partial charge in [-0.25, -0.2) is 17.5 Å². The SMILES string of the molecule is COC(=O)c1ccc(Cl)c(NC(=O)[C@@H]2CCCN(S(=O)(=O)Cc3ccc(Cl)c(Cl)c3)C2)c1. The summed E-state index contributed by atoms with van der Waals surface area (Å²) in [4.78, 5) is 24.6. The number of amides is 1. The predicted molar refractivity (Wildman–Crippen MR) is 125 cm³/mol. The van der Waals surface area contributed by atoms with Crippen LogP contribution in [0.4, 0.5) is 5.69 Å². The molecular formula is C21H21Cl3N2O5S. The number of carbonyl (C=O) groups excluding carboxylic acids is 2. The first-order valence-electron chi connectivity index (χ1n) is 9.71. The zero-order valence-electron chi connectivity index (χ0n) is 17.1. The maximum Gasteiger partial charge on any atom is 0.337 e. The molecule has 0 bridgehead atoms. The minimum Gasteiger partial charge on any atom is -0.465 e. The lowest BCUT2D eigenvalue weighted by molar-refractivity contribution is -0.120. The molecule has 7 nitrogen and oxygen atoms in total. The van der Waals surface area contributed by atoms with E-state index in [9.17, 15) is 18.0 Å². The highest BCUT2D eigenvalue weighted by Gasteiger charge is 2.32. The Labute approximate surface area is 201 Å². The fourth-order valence-corrected chi connectivity index (χ4v) is 5.52. The van der Waals surface area contributed by atoms with Crippen LogP contribution in [0.2, 0.25) is 15.1 Å². The molecule has 1 heterocycles. The Bertz CT molecular complexity index is 1140. The number of hydrogen-bond donors (Lipinski definition) is 1. The topological polar surface area (TPSA) is 92.8 Å². The monoisotopic (exact) mass is 518 g/mol. The average molecular weight is 520 g/mol. The van der Waals surface area contributed by atoms with Crippen LogP contribution in [0.1, 0.15) is 28.8 Å².